The van der Waals surface area contributed by atoms with Gasteiger partial charge in [0.2, 0.25) is 21.8 Å². The summed E-state index contributed by atoms with van der Waals surface area (Å²) in [4.78, 5) is 25.4. The van der Waals surface area contributed by atoms with Crippen molar-refractivity contribution in [3.63, 3.8) is 0 Å². The van der Waals surface area contributed by atoms with Gasteiger partial charge in [0.15, 0.2) is 0 Å². The Morgan fingerprint density at radius 2 is 1.82 bits per heavy atom. The third-order valence-corrected chi connectivity index (χ3v) is 6.11. The molecule has 3 rings (SSSR count). The third-order valence-electron chi connectivity index (χ3n) is 4.69. The summed E-state index contributed by atoms with van der Waals surface area (Å²) in [6, 6.07) is 13.8. The maximum atomic E-state index is 12.4. The van der Waals surface area contributed by atoms with Crippen LogP contribution in [0.25, 0.3) is 0 Å². The Balaban J connectivity index is 1.55. The van der Waals surface area contributed by atoms with E-state index in [1.54, 1.807) is 17.0 Å². The lowest BCUT2D eigenvalue weighted by Crippen LogP contribution is -2.36. The Morgan fingerprint density at radius 3 is 2.46 bits per heavy atom. The SMILES string of the molecule is Cc1ccccc1CNC(=O)CNS(=O)(=O)c1ccc(N2CCCC2=O)cc1. The van der Waals surface area contributed by atoms with Crippen molar-refractivity contribution < 1.29 is 18.0 Å². The maximum Gasteiger partial charge on any atom is 0.241 e. The second kappa shape index (κ2) is 8.53. The summed E-state index contributed by atoms with van der Waals surface area (Å²) < 4.78 is 27.1. The molecule has 0 unspecified atom stereocenters. The molecule has 0 radical (unpaired) electrons. The van der Waals surface area contributed by atoms with E-state index in [9.17, 15) is 18.0 Å². The van der Waals surface area contributed by atoms with Crippen molar-refractivity contribution in [3.05, 3.63) is 59.7 Å². The molecule has 148 valence electrons. The molecule has 2 aromatic carbocycles. The molecule has 0 saturated carbocycles. The van der Waals surface area contributed by atoms with E-state index in [0.717, 1.165) is 17.5 Å². The molecule has 7 nitrogen and oxygen atoms in total. The summed E-state index contributed by atoms with van der Waals surface area (Å²) in [5.74, 6) is -0.370. The van der Waals surface area contributed by atoms with Crippen LogP contribution in [0.1, 0.15) is 24.0 Å². The number of nitrogens with one attached hydrogen (secondary N) is 2. The number of hydrogen-bond acceptors (Lipinski definition) is 4. The summed E-state index contributed by atoms with van der Waals surface area (Å²) in [7, 11) is -3.81. The first-order valence-electron chi connectivity index (χ1n) is 9.08. The predicted octanol–water partition coefficient (Wildman–Crippen LogP) is 1.72. The number of carbonyl (C=O) groups is 2. The van der Waals surface area contributed by atoms with Crippen LogP contribution in [0.3, 0.4) is 0 Å². The quantitative estimate of drug-likeness (QED) is 0.738. The van der Waals surface area contributed by atoms with Crippen molar-refractivity contribution in [3.8, 4) is 0 Å². The highest BCUT2D eigenvalue weighted by Crippen LogP contribution is 2.22. The topological polar surface area (TPSA) is 95.6 Å². The zero-order chi connectivity index (χ0) is 20.1. The molecule has 2 N–H and O–H groups in total. The minimum atomic E-state index is -3.81. The van der Waals surface area contributed by atoms with Gasteiger partial charge < -0.3 is 10.2 Å². The second-order valence-corrected chi connectivity index (χ2v) is 8.44. The molecule has 2 aromatic rings. The van der Waals surface area contributed by atoms with Gasteiger partial charge in [-0.05, 0) is 48.7 Å². The van der Waals surface area contributed by atoms with Gasteiger partial charge in [0, 0.05) is 25.2 Å². The molecule has 28 heavy (non-hydrogen) atoms. The van der Waals surface area contributed by atoms with Crippen molar-refractivity contribution in [2.45, 2.75) is 31.2 Å². The largest absolute Gasteiger partial charge is 0.351 e. The highest BCUT2D eigenvalue weighted by atomic mass is 32.2. The molecule has 1 fully saturated rings. The molecule has 0 spiro atoms. The minimum absolute atomic E-state index is 0.0408. The molecule has 0 aromatic heterocycles. The average molecular weight is 401 g/mol. The van der Waals surface area contributed by atoms with Gasteiger partial charge in [-0.2, -0.15) is 0 Å². The van der Waals surface area contributed by atoms with Crippen molar-refractivity contribution in [2.75, 3.05) is 18.0 Å². The fourth-order valence-electron chi connectivity index (χ4n) is 3.04. The van der Waals surface area contributed by atoms with E-state index in [4.69, 9.17) is 0 Å². The number of rotatable bonds is 7. The molecule has 1 saturated heterocycles. The van der Waals surface area contributed by atoms with Crippen LogP contribution in [0.2, 0.25) is 0 Å². The molecule has 0 aliphatic carbocycles. The maximum absolute atomic E-state index is 12.4. The number of anilines is 1. The third kappa shape index (κ3) is 4.76. The Morgan fingerprint density at radius 1 is 1.11 bits per heavy atom. The first kappa shape index (κ1) is 20.0. The van der Waals surface area contributed by atoms with Gasteiger partial charge in [-0.25, -0.2) is 13.1 Å². The first-order chi connectivity index (χ1) is 13.4. The molecule has 1 aliphatic rings. The molecule has 1 heterocycles. The van der Waals surface area contributed by atoms with E-state index < -0.39 is 15.9 Å². The van der Waals surface area contributed by atoms with Gasteiger partial charge in [-0.15, -0.1) is 0 Å². The zero-order valence-electron chi connectivity index (χ0n) is 15.6. The lowest BCUT2D eigenvalue weighted by Gasteiger charge is -2.16. The number of carbonyl (C=O) groups excluding carboxylic acids is 2. The van der Waals surface area contributed by atoms with Crippen LogP contribution in [0.5, 0.6) is 0 Å². The number of sulfonamides is 1. The Kier molecular flexibility index (Phi) is 6.11. The number of benzene rings is 2. The van der Waals surface area contributed by atoms with Gasteiger partial charge in [-0.3, -0.25) is 9.59 Å². The van der Waals surface area contributed by atoms with E-state index in [-0.39, 0.29) is 17.3 Å². The number of aryl methyl sites for hydroxylation is 1. The monoisotopic (exact) mass is 401 g/mol. The second-order valence-electron chi connectivity index (χ2n) is 6.67. The predicted molar refractivity (Wildman–Crippen MR) is 106 cm³/mol. The Hall–Kier alpha value is -2.71. The van der Waals surface area contributed by atoms with Crippen LogP contribution < -0.4 is 14.9 Å². The zero-order valence-corrected chi connectivity index (χ0v) is 16.5. The summed E-state index contributed by atoms with van der Waals surface area (Å²) in [6.45, 7) is 2.58. The van der Waals surface area contributed by atoms with E-state index >= 15 is 0 Å². The molecule has 0 bridgehead atoms. The van der Waals surface area contributed by atoms with Crippen LogP contribution in [0.4, 0.5) is 5.69 Å². The van der Waals surface area contributed by atoms with E-state index in [2.05, 4.69) is 10.0 Å². The minimum Gasteiger partial charge on any atom is -0.351 e. The van der Waals surface area contributed by atoms with Crippen molar-refractivity contribution in [1.82, 2.24) is 10.0 Å². The van der Waals surface area contributed by atoms with Crippen molar-refractivity contribution in [1.29, 1.82) is 0 Å². The number of nitrogens with zero attached hydrogens (tertiary/aromatic N) is 1. The summed E-state index contributed by atoms with van der Waals surface area (Å²) in [6.07, 6.45) is 1.32. The summed E-state index contributed by atoms with van der Waals surface area (Å²) in [5.41, 5.74) is 2.71. The molecule has 0 atom stereocenters. The van der Waals surface area contributed by atoms with E-state index in [1.807, 2.05) is 31.2 Å². The van der Waals surface area contributed by atoms with Gasteiger partial charge in [0.05, 0.1) is 11.4 Å². The van der Waals surface area contributed by atoms with E-state index in [0.29, 0.717) is 25.2 Å². The lowest BCUT2D eigenvalue weighted by molar-refractivity contribution is -0.120. The van der Waals surface area contributed by atoms with Crippen LogP contribution in [0.15, 0.2) is 53.4 Å². The standard InChI is InChI=1S/C20H23N3O4S/c1-15-5-2-3-6-16(15)13-21-19(24)14-22-28(26,27)18-10-8-17(9-11-18)23-12-4-7-20(23)25/h2-3,5-6,8-11,22H,4,7,12-14H2,1H3,(H,21,24). The van der Waals surface area contributed by atoms with Crippen LogP contribution in [-0.4, -0.2) is 33.3 Å². The first-order valence-corrected chi connectivity index (χ1v) is 10.6. The molecule has 2 amide bonds. The smallest absolute Gasteiger partial charge is 0.241 e. The summed E-state index contributed by atoms with van der Waals surface area (Å²) in [5, 5.41) is 2.70. The number of amides is 2. The normalized spacial score (nSPS) is 14.3. The molecule has 8 heteroatoms. The van der Waals surface area contributed by atoms with Gasteiger partial charge in [0.25, 0.3) is 0 Å². The van der Waals surface area contributed by atoms with Crippen LogP contribution >= 0.6 is 0 Å². The van der Waals surface area contributed by atoms with Crippen LogP contribution in [0, 0.1) is 6.92 Å². The van der Waals surface area contributed by atoms with Gasteiger partial charge in [-0.1, -0.05) is 24.3 Å². The molecular formula is C20H23N3O4S. The van der Waals surface area contributed by atoms with Gasteiger partial charge >= 0.3 is 0 Å². The Labute approximate surface area is 164 Å². The highest BCUT2D eigenvalue weighted by Gasteiger charge is 2.22. The van der Waals surface area contributed by atoms with E-state index in [1.165, 1.54) is 12.1 Å². The van der Waals surface area contributed by atoms with Gasteiger partial charge in [0.1, 0.15) is 0 Å². The lowest BCUT2D eigenvalue weighted by atomic mass is 10.1. The molecule has 1 aliphatic heterocycles. The summed E-state index contributed by atoms with van der Waals surface area (Å²) >= 11 is 0. The fraction of sp³-hybridized carbons (Fsp3) is 0.300. The van der Waals surface area contributed by atoms with Crippen molar-refractivity contribution in [2.24, 2.45) is 0 Å². The average Bonchev–Trinajstić information content (AvgIpc) is 3.12. The highest BCUT2D eigenvalue weighted by molar-refractivity contribution is 7.89. The van der Waals surface area contributed by atoms with Crippen LogP contribution in [-0.2, 0) is 26.2 Å². The molecular weight excluding hydrogens is 378 g/mol. The number of hydrogen-bond donors (Lipinski definition) is 2. The van der Waals surface area contributed by atoms with Crippen molar-refractivity contribution >= 4 is 27.5 Å². The fourth-order valence-corrected chi connectivity index (χ4v) is 4.02. The Bertz CT molecular complexity index is 971.